The van der Waals surface area contributed by atoms with Gasteiger partial charge in [-0.2, -0.15) is 5.10 Å². The van der Waals surface area contributed by atoms with Crippen LogP contribution in [0.25, 0.3) is 0 Å². The van der Waals surface area contributed by atoms with Crippen LogP contribution >= 0.6 is 0 Å². The van der Waals surface area contributed by atoms with Gasteiger partial charge in [-0.15, -0.1) is 0 Å². The van der Waals surface area contributed by atoms with Crippen LogP contribution in [0.4, 0.5) is 0 Å². The summed E-state index contributed by atoms with van der Waals surface area (Å²) in [6.45, 7) is 2.26. The summed E-state index contributed by atoms with van der Waals surface area (Å²) in [5.41, 5.74) is 0.774. The molecule has 4 heteroatoms. The van der Waals surface area contributed by atoms with E-state index in [1.807, 2.05) is 17.9 Å². The Kier molecular flexibility index (Phi) is 3.16. The minimum absolute atomic E-state index is 0.405. The molecule has 0 aromatic carbocycles. The van der Waals surface area contributed by atoms with Crippen molar-refractivity contribution in [2.45, 2.75) is 50.2 Å². The first-order chi connectivity index (χ1) is 8.67. The summed E-state index contributed by atoms with van der Waals surface area (Å²) in [4.78, 5) is 2.49. The van der Waals surface area contributed by atoms with E-state index in [2.05, 4.69) is 16.2 Å². The lowest BCUT2D eigenvalue weighted by molar-refractivity contribution is -0.0157. The number of fused-ring (bicyclic) bond motifs is 1. The molecule has 2 atom stereocenters. The third-order valence-corrected chi connectivity index (χ3v) is 4.67. The summed E-state index contributed by atoms with van der Waals surface area (Å²) in [6, 6.07) is 0.405. The van der Waals surface area contributed by atoms with E-state index in [1.165, 1.54) is 31.4 Å². The van der Waals surface area contributed by atoms with Crippen LogP contribution in [-0.2, 0) is 13.5 Å². The van der Waals surface area contributed by atoms with Gasteiger partial charge in [0.1, 0.15) is 0 Å². The lowest BCUT2D eigenvalue weighted by atomic mass is 9.84. The second kappa shape index (κ2) is 4.67. The van der Waals surface area contributed by atoms with Gasteiger partial charge >= 0.3 is 0 Å². The minimum atomic E-state index is -0.462. The van der Waals surface area contributed by atoms with Crippen molar-refractivity contribution in [3.8, 4) is 0 Å². The topological polar surface area (TPSA) is 41.3 Å². The zero-order chi connectivity index (χ0) is 12.6. The molecule has 0 aliphatic carbocycles. The molecule has 3 rings (SSSR count). The van der Waals surface area contributed by atoms with E-state index in [4.69, 9.17) is 0 Å². The maximum atomic E-state index is 10.9. The normalized spacial score (nSPS) is 32.7. The highest BCUT2D eigenvalue weighted by Gasteiger charge is 2.45. The van der Waals surface area contributed by atoms with Crippen molar-refractivity contribution in [2.75, 3.05) is 13.1 Å². The standard InChI is InChI=1S/C14H23N3O/c1-16-11-12(10-15-16)5-6-14(18)7-9-17-8-3-2-4-13(14)17/h10-11,13,18H,2-9H2,1H3. The molecule has 18 heavy (non-hydrogen) atoms. The molecule has 2 aliphatic heterocycles. The van der Waals surface area contributed by atoms with Gasteiger partial charge in [0.15, 0.2) is 0 Å². The van der Waals surface area contributed by atoms with Crippen LogP contribution in [0.3, 0.4) is 0 Å². The van der Waals surface area contributed by atoms with Gasteiger partial charge in [0.2, 0.25) is 0 Å². The van der Waals surface area contributed by atoms with Crippen LogP contribution in [0.5, 0.6) is 0 Å². The molecular formula is C14H23N3O. The molecule has 0 saturated carbocycles. The zero-order valence-corrected chi connectivity index (χ0v) is 11.2. The van der Waals surface area contributed by atoms with Crippen LogP contribution in [-0.4, -0.2) is 44.5 Å². The van der Waals surface area contributed by atoms with E-state index >= 15 is 0 Å². The van der Waals surface area contributed by atoms with Gasteiger partial charge < -0.3 is 5.11 Å². The van der Waals surface area contributed by atoms with Crippen molar-refractivity contribution in [3.05, 3.63) is 18.0 Å². The smallest absolute Gasteiger partial charge is 0.0817 e. The van der Waals surface area contributed by atoms with Gasteiger partial charge in [0.05, 0.1) is 11.8 Å². The van der Waals surface area contributed by atoms with Gasteiger partial charge in [0.25, 0.3) is 0 Å². The first-order valence-electron chi connectivity index (χ1n) is 7.11. The molecule has 0 bridgehead atoms. The lowest BCUT2D eigenvalue weighted by Gasteiger charge is -2.37. The molecule has 1 aromatic heterocycles. The van der Waals surface area contributed by atoms with E-state index in [0.29, 0.717) is 6.04 Å². The Balaban J connectivity index is 1.64. The van der Waals surface area contributed by atoms with Crippen molar-refractivity contribution in [1.82, 2.24) is 14.7 Å². The van der Waals surface area contributed by atoms with Crippen LogP contribution in [0, 0.1) is 0 Å². The highest BCUT2D eigenvalue weighted by molar-refractivity contribution is 5.08. The number of rotatable bonds is 3. The Morgan fingerprint density at radius 1 is 1.44 bits per heavy atom. The lowest BCUT2D eigenvalue weighted by Crippen LogP contribution is -2.47. The average molecular weight is 249 g/mol. The van der Waals surface area contributed by atoms with E-state index in [0.717, 1.165) is 25.8 Å². The number of aromatic nitrogens is 2. The SMILES string of the molecule is Cn1cc(CCC2(O)CCN3CCCCC32)cn1. The maximum Gasteiger partial charge on any atom is 0.0817 e. The van der Waals surface area contributed by atoms with Crippen LogP contribution in [0.2, 0.25) is 0 Å². The third kappa shape index (κ3) is 2.19. The largest absolute Gasteiger partial charge is 0.388 e. The molecule has 1 aromatic rings. The molecule has 2 saturated heterocycles. The minimum Gasteiger partial charge on any atom is -0.388 e. The fourth-order valence-electron chi connectivity index (χ4n) is 3.62. The molecule has 2 unspecified atom stereocenters. The van der Waals surface area contributed by atoms with Crippen molar-refractivity contribution < 1.29 is 5.11 Å². The van der Waals surface area contributed by atoms with E-state index in [1.54, 1.807) is 0 Å². The number of aliphatic hydroxyl groups is 1. The first-order valence-corrected chi connectivity index (χ1v) is 7.11. The average Bonchev–Trinajstić information content (AvgIpc) is 2.93. The number of hydrogen-bond donors (Lipinski definition) is 1. The molecule has 0 radical (unpaired) electrons. The number of aryl methyl sites for hydroxylation is 2. The van der Waals surface area contributed by atoms with Crippen LogP contribution in [0.1, 0.15) is 37.7 Å². The molecule has 2 fully saturated rings. The van der Waals surface area contributed by atoms with Crippen molar-refractivity contribution in [1.29, 1.82) is 0 Å². The Labute approximate surface area is 109 Å². The van der Waals surface area contributed by atoms with Gasteiger partial charge in [0, 0.05) is 25.8 Å². The summed E-state index contributed by atoms with van der Waals surface area (Å²) in [6.07, 6.45) is 10.5. The van der Waals surface area contributed by atoms with Crippen LogP contribution < -0.4 is 0 Å². The second-order valence-electron chi connectivity index (χ2n) is 5.92. The quantitative estimate of drug-likeness (QED) is 0.879. The Morgan fingerprint density at radius 2 is 2.33 bits per heavy atom. The predicted molar refractivity (Wildman–Crippen MR) is 70.3 cm³/mol. The summed E-state index contributed by atoms with van der Waals surface area (Å²) >= 11 is 0. The molecule has 4 nitrogen and oxygen atoms in total. The van der Waals surface area contributed by atoms with Crippen molar-refractivity contribution in [3.63, 3.8) is 0 Å². The fraction of sp³-hybridized carbons (Fsp3) is 0.786. The summed E-state index contributed by atoms with van der Waals surface area (Å²) in [5.74, 6) is 0. The fourth-order valence-corrected chi connectivity index (χ4v) is 3.62. The summed E-state index contributed by atoms with van der Waals surface area (Å²) in [7, 11) is 1.94. The molecule has 100 valence electrons. The zero-order valence-electron chi connectivity index (χ0n) is 11.2. The Bertz CT molecular complexity index is 417. The van der Waals surface area contributed by atoms with Gasteiger partial charge in [-0.25, -0.2) is 0 Å². The molecule has 0 amide bonds. The Hall–Kier alpha value is -0.870. The first kappa shape index (κ1) is 12.2. The maximum absolute atomic E-state index is 10.9. The van der Waals surface area contributed by atoms with Gasteiger partial charge in [-0.05, 0) is 44.2 Å². The number of hydrogen-bond acceptors (Lipinski definition) is 3. The Morgan fingerprint density at radius 3 is 3.11 bits per heavy atom. The van der Waals surface area contributed by atoms with Crippen molar-refractivity contribution in [2.24, 2.45) is 7.05 Å². The van der Waals surface area contributed by atoms with Gasteiger partial charge in [-0.1, -0.05) is 6.42 Å². The van der Waals surface area contributed by atoms with E-state index < -0.39 is 5.60 Å². The highest BCUT2D eigenvalue weighted by Crippen LogP contribution is 2.37. The summed E-state index contributed by atoms with van der Waals surface area (Å²) < 4.78 is 1.83. The summed E-state index contributed by atoms with van der Waals surface area (Å²) in [5, 5.41) is 15.1. The third-order valence-electron chi connectivity index (χ3n) is 4.67. The number of piperidine rings is 1. The molecule has 3 heterocycles. The van der Waals surface area contributed by atoms with E-state index in [-0.39, 0.29) is 0 Å². The number of nitrogens with zero attached hydrogens (tertiary/aromatic N) is 3. The highest BCUT2D eigenvalue weighted by atomic mass is 16.3. The van der Waals surface area contributed by atoms with Crippen molar-refractivity contribution >= 4 is 0 Å². The second-order valence-corrected chi connectivity index (χ2v) is 5.92. The van der Waals surface area contributed by atoms with E-state index in [9.17, 15) is 5.11 Å². The molecule has 2 aliphatic rings. The molecule has 1 N–H and O–H groups in total. The van der Waals surface area contributed by atoms with Gasteiger partial charge in [-0.3, -0.25) is 9.58 Å². The molecule has 0 spiro atoms. The molecular weight excluding hydrogens is 226 g/mol. The monoisotopic (exact) mass is 249 g/mol. The van der Waals surface area contributed by atoms with Crippen LogP contribution in [0.15, 0.2) is 12.4 Å². The predicted octanol–water partition coefficient (Wildman–Crippen LogP) is 1.34.